The number of nitrogens with zero attached hydrogens (tertiary/aromatic N) is 3. The summed E-state index contributed by atoms with van der Waals surface area (Å²) in [5.41, 5.74) is -1.23. The van der Waals surface area contributed by atoms with Crippen LogP contribution in [0.4, 0.5) is 4.79 Å². The van der Waals surface area contributed by atoms with E-state index in [0.29, 0.717) is 43.2 Å². The van der Waals surface area contributed by atoms with Crippen LogP contribution in [0.25, 0.3) is 0 Å². The topological polar surface area (TPSA) is 128 Å². The van der Waals surface area contributed by atoms with Gasteiger partial charge in [-0.2, -0.15) is 0 Å². The van der Waals surface area contributed by atoms with Gasteiger partial charge >= 0.3 is 19.2 Å². The van der Waals surface area contributed by atoms with E-state index in [1.807, 2.05) is 0 Å². The molecule has 4 atom stereocenters. The van der Waals surface area contributed by atoms with Crippen LogP contribution in [0.1, 0.15) is 91.1 Å². The predicted octanol–water partition coefficient (Wildman–Crippen LogP) is 5.71. The Morgan fingerprint density at radius 2 is 1.73 bits per heavy atom. The first-order valence-corrected chi connectivity index (χ1v) is 17.4. The average Bonchev–Trinajstić information content (AvgIpc) is 3.58. The lowest BCUT2D eigenvalue weighted by molar-refractivity contribution is -0.199. The van der Waals surface area contributed by atoms with Crippen molar-refractivity contribution in [1.82, 2.24) is 14.5 Å². The molecule has 2 saturated heterocycles. The molecular weight excluding hydrogens is 629 g/mol. The van der Waals surface area contributed by atoms with E-state index in [1.165, 1.54) is 0 Å². The number of carbonyl (C=O) groups is 3. The molecule has 3 heterocycles. The van der Waals surface area contributed by atoms with E-state index in [9.17, 15) is 14.4 Å². The summed E-state index contributed by atoms with van der Waals surface area (Å²) in [4.78, 5) is 45.4. The van der Waals surface area contributed by atoms with Crippen molar-refractivity contribution in [3.05, 3.63) is 42.0 Å². The lowest BCUT2D eigenvalue weighted by atomic mass is 9.43. The SMILES string of the molecule is CC(C)(C)OC(=O)Oc1c(CCB2O[C@@H]3C[C@@H]4C[C@@H](C4(C)C)[C@]3(C)O2)ccc(OC2CN(C(=O)Cn3ccnc3)C2)c1C(=O)OC(C)(C)C. The number of imidazole rings is 1. The molecular formula is C36H50BN3O9. The van der Waals surface area contributed by atoms with Gasteiger partial charge in [0.25, 0.3) is 0 Å². The number of amides is 1. The van der Waals surface area contributed by atoms with Crippen LogP contribution in [0.3, 0.4) is 0 Å². The Bertz CT molecular complexity index is 1570. The summed E-state index contributed by atoms with van der Waals surface area (Å²) in [6.07, 6.45) is 6.65. The van der Waals surface area contributed by atoms with Crippen molar-refractivity contribution in [2.45, 2.75) is 123 Å². The van der Waals surface area contributed by atoms with Crippen LogP contribution >= 0.6 is 0 Å². The second-order valence-corrected chi connectivity index (χ2v) is 16.7. The molecule has 0 radical (unpaired) electrons. The van der Waals surface area contributed by atoms with Crippen LogP contribution in [-0.2, 0) is 36.5 Å². The second kappa shape index (κ2) is 12.6. The molecule has 266 valence electrons. The van der Waals surface area contributed by atoms with E-state index in [4.69, 9.17) is 28.3 Å². The van der Waals surface area contributed by atoms with E-state index in [2.05, 4.69) is 25.8 Å². The van der Waals surface area contributed by atoms with Gasteiger partial charge in [-0.05, 0) is 103 Å². The Morgan fingerprint density at radius 1 is 1.02 bits per heavy atom. The molecule has 0 spiro atoms. The summed E-state index contributed by atoms with van der Waals surface area (Å²) in [5.74, 6) is 0.493. The zero-order valence-electron chi connectivity index (χ0n) is 30.2. The number of hydrogen-bond donors (Lipinski definition) is 0. The van der Waals surface area contributed by atoms with Crippen molar-refractivity contribution in [1.29, 1.82) is 0 Å². The van der Waals surface area contributed by atoms with Gasteiger partial charge in [0.05, 0.1) is 31.1 Å². The quantitative estimate of drug-likeness (QED) is 0.185. The molecule has 2 bridgehead atoms. The molecule has 3 saturated carbocycles. The lowest BCUT2D eigenvalue weighted by Crippen LogP contribution is -2.65. The molecule has 7 rings (SSSR count). The molecule has 3 aliphatic carbocycles. The number of ether oxygens (including phenoxy) is 4. The summed E-state index contributed by atoms with van der Waals surface area (Å²) in [7, 11) is -0.443. The molecule has 2 aromatic rings. The van der Waals surface area contributed by atoms with Gasteiger partial charge in [0, 0.05) is 12.4 Å². The second-order valence-electron chi connectivity index (χ2n) is 16.7. The third-order valence-corrected chi connectivity index (χ3v) is 10.4. The first-order valence-electron chi connectivity index (χ1n) is 17.4. The van der Waals surface area contributed by atoms with Gasteiger partial charge in [0.2, 0.25) is 5.91 Å². The van der Waals surface area contributed by atoms with E-state index < -0.39 is 30.4 Å². The Kier molecular flexibility index (Phi) is 9.09. The van der Waals surface area contributed by atoms with E-state index >= 15 is 0 Å². The first kappa shape index (κ1) is 35.3. The molecule has 2 aliphatic heterocycles. The van der Waals surface area contributed by atoms with Crippen molar-refractivity contribution >= 4 is 25.2 Å². The van der Waals surface area contributed by atoms with Crippen LogP contribution < -0.4 is 9.47 Å². The number of likely N-dealkylation sites (tertiary alicyclic amines) is 1. The Balaban J connectivity index is 1.24. The van der Waals surface area contributed by atoms with Crippen molar-refractivity contribution in [3.63, 3.8) is 0 Å². The monoisotopic (exact) mass is 679 g/mol. The number of rotatable bonds is 9. The summed E-state index contributed by atoms with van der Waals surface area (Å²) >= 11 is 0. The molecule has 5 aliphatic rings. The van der Waals surface area contributed by atoms with Crippen molar-refractivity contribution in [2.75, 3.05) is 13.1 Å². The lowest BCUT2D eigenvalue weighted by Gasteiger charge is -2.64. The summed E-state index contributed by atoms with van der Waals surface area (Å²) in [5, 5.41) is 0. The molecule has 0 N–H and O–H groups in total. The molecule has 1 amide bonds. The fraction of sp³-hybridized carbons (Fsp3) is 0.667. The maximum atomic E-state index is 13.9. The van der Waals surface area contributed by atoms with Crippen molar-refractivity contribution in [3.8, 4) is 11.5 Å². The minimum absolute atomic E-state index is 0.0124. The molecule has 13 heteroatoms. The number of hydrogen-bond acceptors (Lipinski definition) is 10. The largest absolute Gasteiger partial charge is 0.514 e. The Hall–Kier alpha value is -3.58. The summed E-state index contributed by atoms with van der Waals surface area (Å²) < 4.78 is 38.3. The minimum Gasteiger partial charge on any atom is -0.486 e. The standard InChI is InChI=1S/C36H50BN3O9/c1-33(2,3)46-31(42)29-25(44-24-18-40(19-24)28(41)20-39-15-14-38-21-39)11-10-22(30(29)45-32(43)47-34(4,5)6)12-13-37-48-27-17-23-16-26(35(23,7)8)36(27,9)49-37/h10-11,14-15,21,23-24,26-27H,12-13,16-20H2,1-9H3/t23-,26-,27+,36-/m0/s1. The maximum Gasteiger partial charge on any atom is 0.514 e. The number of aromatic nitrogens is 2. The molecule has 1 aromatic carbocycles. The number of carbonyl (C=O) groups excluding carboxylic acids is 3. The molecule has 49 heavy (non-hydrogen) atoms. The maximum absolute atomic E-state index is 13.9. The zero-order chi connectivity index (χ0) is 35.5. The van der Waals surface area contributed by atoms with Gasteiger partial charge < -0.3 is 37.7 Å². The Labute approximate surface area is 289 Å². The Morgan fingerprint density at radius 3 is 2.37 bits per heavy atom. The van der Waals surface area contributed by atoms with Gasteiger partial charge in [0.1, 0.15) is 35.2 Å². The van der Waals surface area contributed by atoms with Crippen molar-refractivity contribution in [2.24, 2.45) is 17.3 Å². The van der Waals surface area contributed by atoms with E-state index in [1.54, 1.807) is 81.9 Å². The highest BCUT2D eigenvalue weighted by atomic mass is 16.7. The average molecular weight is 680 g/mol. The smallest absolute Gasteiger partial charge is 0.486 e. The molecule has 1 aromatic heterocycles. The highest BCUT2D eigenvalue weighted by molar-refractivity contribution is 6.45. The molecule has 5 fully saturated rings. The molecule has 0 unspecified atom stereocenters. The van der Waals surface area contributed by atoms with Crippen LogP contribution in [0.2, 0.25) is 6.32 Å². The number of aryl methyl sites for hydroxylation is 1. The zero-order valence-corrected chi connectivity index (χ0v) is 30.2. The van der Waals surface area contributed by atoms with Crippen LogP contribution in [-0.4, -0.2) is 81.7 Å². The number of benzene rings is 1. The first-order chi connectivity index (χ1) is 22.8. The third-order valence-electron chi connectivity index (χ3n) is 10.4. The van der Waals surface area contributed by atoms with Crippen LogP contribution in [0.15, 0.2) is 30.9 Å². The van der Waals surface area contributed by atoms with Gasteiger partial charge in [-0.3, -0.25) is 4.79 Å². The summed E-state index contributed by atoms with van der Waals surface area (Å²) in [6, 6.07) is 3.48. The highest BCUT2D eigenvalue weighted by Gasteiger charge is 2.67. The van der Waals surface area contributed by atoms with Gasteiger partial charge in [0.15, 0.2) is 5.75 Å². The van der Waals surface area contributed by atoms with Crippen molar-refractivity contribution < 1.29 is 42.6 Å². The summed E-state index contributed by atoms with van der Waals surface area (Å²) in [6.45, 7) is 18.2. The molecule has 12 nitrogen and oxygen atoms in total. The van der Waals surface area contributed by atoms with E-state index in [-0.39, 0.29) is 52.7 Å². The van der Waals surface area contributed by atoms with Crippen LogP contribution in [0.5, 0.6) is 11.5 Å². The predicted molar refractivity (Wildman–Crippen MR) is 180 cm³/mol. The van der Waals surface area contributed by atoms with Gasteiger partial charge in [-0.25, -0.2) is 14.6 Å². The fourth-order valence-corrected chi connectivity index (χ4v) is 7.78. The van der Waals surface area contributed by atoms with Gasteiger partial charge in [-0.15, -0.1) is 0 Å². The third kappa shape index (κ3) is 7.33. The minimum atomic E-state index is -0.954. The fourth-order valence-electron chi connectivity index (χ4n) is 7.78. The van der Waals surface area contributed by atoms with Crippen LogP contribution in [0, 0.1) is 17.3 Å². The number of esters is 1. The van der Waals surface area contributed by atoms with E-state index in [0.717, 1.165) is 12.8 Å². The van der Waals surface area contributed by atoms with Gasteiger partial charge in [-0.1, -0.05) is 19.9 Å². The highest BCUT2D eigenvalue weighted by Crippen LogP contribution is 2.65. The normalized spacial score (nSPS) is 25.9.